The van der Waals surface area contributed by atoms with Gasteiger partial charge in [0.05, 0.1) is 30.0 Å². The molecule has 5 nitrogen and oxygen atoms in total. The Hall–Kier alpha value is -1.62. The molecule has 1 amide bonds. The maximum atomic E-state index is 12.2. The molecule has 1 fully saturated rings. The van der Waals surface area contributed by atoms with E-state index in [0.717, 1.165) is 0 Å². The predicted octanol–water partition coefficient (Wildman–Crippen LogP) is 1.66. The number of ether oxygens (including phenoxy) is 1. The minimum Gasteiger partial charge on any atom is -0.397 e. The van der Waals surface area contributed by atoms with Crippen molar-refractivity contribution in [1.29, 1.82) is 0 Å². The number of anilines is 2. The van der Waals surface area contributed by atoms with Crippen molar-refractivity contribution in [2.75, 3.05) is 11.1 Å². The van der Waals surface area contributed by atoms with E-state index in [0.29, 0.717) is 11.5 Å². The van der Waals surface area contributed by atoms with Crippen LogP contribution < -0.4 is 11.1 Å². The summed E-state index contributed by atoms with van der Waals surface area (Å²) in [7, 11) is 0. The average Bonchev–Trinajstić information content (AvgIpc) is 2.56. The number of hydrogen-bond acceptors (Lipinski definition) is 4. The van der Waals surface area contributed by atoms with Crippen LogP contribution in [0.25, 0.3) is 0 Å². The molecule has 98 valence electrons. The Morgan fingerprint density at radius 1 is 1.33 bits per heavy atom. The van der Waals surface area contributed by atoms with Crippen molar-refractivity contribution in [3.8, 4) is 0 Å². The summed E-state index contributed by atoms with van der Waals surface area (Å²) in [6.07, 6.45) is 1.56. The average molecular weight is 249 g/mol. The number of carbonyl (C=O) groups is 1. The van der Waals surface area contributed by atoms with Gasteiger partial charge in [-0.1, -0.05) is 6.92 Å². The molecule has 4 atom stereocenters. The third-order valence-corrected chi connectivity index (χ3v) is 3.58. The van der Waals surface area contributed by atoms with E-state index in [2.05, 4.69) is 10.3 Å². The number of pyridine rings is 1. The van der Waals surface area contributed by atoms with Crippen LogP contribution in [0, 0.1) is 11.8 Å². The van der Waals surface area contributed by atoms with Gasteiger partial charge in [0, 0.05) is 0 Å². The van der Waals surface area contributed by atoms with Gasteiger partial charge in [0.1, 0.15) is 5.82 Å². The molecule has 0 aliphatic carbocycles. The zero-order valence-electron chi connectivity index (χ0n) is 10.9. The van der Waals surface area contributed by atoms with Crippen LogP contribution in [0.4, 0.5) is 11.5 Å². The van der Waals surface area contributed by atoms with Crippen LogP contribution in [-0.4, -0.2) is 23.1 Å². The fourth-order valence-electron chi connectivity index (χ4n) is 2.41. The van der Waals surface area contributed by atoms with E-state index in [1.165, 1.54) is 6.20 Å². The number of carbonyl (C=O) groups excluding carboxylic acids is 1. The summed E-state index contributed by atoms with van der Waals surface area (Å²) < 4.78 is 5.66. The summed E-state index contributed by atoms with van der Waals surface area (Å²) >= 11 is 0. The number of nitrogens with two attached hydrogens (primary N) is 1. The predicted molar refractivity (Wildman–Crippen MR) is 69.9 cm³/mol. The van der Waals surface area contributed by atoms with Crippen molar-refractivity contribution in [2.45, 2.75) is 33.0 Å². The van der Waals surface area contributed by atoms with Crippen LogP contribution in [-0.2, 0) is 9.53 Å². The summed E-state index contributed by atoms with van der Waals surface area (Å²) in [4.78, 5) is 16.3. The van der Waals surface area contributed by atoms with Gasteiger partial charge in [0.15, 0.2) is 0 Å². The van der Waals surface area contributed by atoms with Crippen LogP contribution >= 0.6 is 0 Å². The summed E-state index contributed by atoms with van der Waals surface area (Å²) in [6, 6.07) is 3.41. The molecule has 18 heavy (non-hydrogen) atoms. The molecule has 0 aromatic carbocycles. The minimum absolute atomic E-state index is 0.0448. The third-order valence-electron chi connectivity index (χ3n) is 3.58. The second-order valence-electron chi connectivity index (χ2n) is 4.90. The van der Waals surface area contributed by atoms with Crippen LogP contribution in [0.5, 0.6) is 0 Å². The Balaban J connectivity index is 2.06. The van der Waals surface area contributed by atoms with E-state index in [9.17, 15) is 4.79 Å². The van der Waals surface area contributed by atoms with Crippen molar-refractivity contribution < 1.29 is 9.53 Å². The zero-order chi connectivity index (χ0) is 13.3. The molecule has 4 unspecified atom stereocenters. The molecule has 0 saturated carbocycles. The molecular formula is C13H19N3O2. The van der Waals surface area contributed by atoms with Crippen molar-refractivity contribution in [1.82, 2.24) is 4.98 Å². The Morgan fingerprint density at radius 2 is 2.06 bits per heavy atom. The van der Waals surface area contributed by atoms with E-state index in [1.54, 1.807) is 12.1 Å². The number of hydrogen-bond donors (Lipinski definition) is 2. The highest BCUT2D eigenvalue weighted by Gasteiger charge is 2.41. The first-order chi connectivity index (χ1) is 8.49. The van der Waals surface area contributed by atoms with Gasteiger partial charge in [0.2, 0.25) is 5.91 Å². The molecule has 1 aliphatic rings. The Morgan fingerprint density at radius 3 is 2.56 bits per heavy atom. The number of nitrogens with zero attached hydrogens (tertiary/aromatic N) is 1. The number of nitrogen functional groups attached to an aromatic ring is 1. The van der Waals surface area contributed by atoms with Gasteiger partial charge >= 0.3 is 0 Å². The topological polar surface area (TPSA) is 77.2 Å². The first-order valence-electron chi connectivity index (χ1n) is 6.17. The molecule has 2 heterocycles. The number of rotatable bonds is 2. The Labute approximate surface area is 107 Å². The van der Waals surface area contributed by atoms with E-state index in [-0.39, 0.29) is 30.0 Å². The van der Waals surface area contributed by atoms with Crippen LogP contribution in [0.15, 0.2) is 18.3 Å². The monoisotopic (exact) mass is 249 g/mol. The van der Waals surface area contributed by atoms with Gasteiger partial charge < -0.3 is 15.8 Å². The van der Waals surface area contributed by atoms with E-state index in [1.807, 2.05) is 20.8 Å². The fourth-order valence-corrected chi connectivity index (χ4v) is 2.41. The van der Waals surface area contributed by atoms with Gasteiger partial charge in [-0.15, -0.1) is 0 Å². The Kier molecular flexibility index (Phi) is 3.52. The number of aromatic nitrogens is 1. The highest BCUT2D eigenvalue weighted by Crippen LogP contribution is 2.32. The molecule has 0 spiro atoms. The lowest BCUT2D eigenvalue weighted by Gasteiger charge is -2.17. The van der Waals surface area contributed by atoms with Crippen molar-refractivity contribution in [3.05, 3.63) is 18.3 Å². The van der Waals surface area contributed by atoms with Crippen molar-refractivity contribution >= 4 is 17.4 Å². The van der Waals surface area contributed by atoms with E-state index in [4.69, 9.17) is 10.5 Å². The largest absolute Gasteiger partial charge is 0.397 e. The third kappa shape index (κ3) is 2.46. The lowest BCUT2D eigenvalue weighted by molar-refractivity contribution is -0.122. The summed E-state index contributed by atoms with van der Waals surface area (Å²) in [5.41, 5.74) is 6.12. The standard InChI is InChI=1S/C13H19N3O2/c1-7-8(2)18-9(3)12(7)13(17)16-11-5-4-10(14)6-15-11/h4-9,12H,14H2,1-3H3,(H,15,16,17). The molecule has 0 bridgehead atoms. The Bertz CT molecular complexity index is 432. The quantitative estimate of drug-likeness (QED) is 0.835. The molecular weight excluding hydrogens is 230 g/mol. The number of nitrogens with one attached hydrogen (secondary N) is 1. The van der Waals surface area contributed by atoms with Gasteiger partial charge in [0.25, 0.3) is 0 Å². The molecule has 1 saturated heterocycles. The van der Waals surface area contributed by atoms with Gasteiger partial charge in [-0.3, -0.25) is 4.79 Å². The van der Waals surface area contributed by atoms with Crippen LogP contribution in [0.3, 0.4) is 0 Å². The van der Waals surface area contributed by atoms with Gasteiger partial charge in [-0.25, -0.2) is 4.98 Å². The van der Waals surface area contributed by atoms with Crippen LogP contribution in [0.1, 0.15) is 20.8 Å². The van der Waals surface area contributed by atoms with Crippen LogP contribution in [0.2, 0.25) is 0 Å². The highest BCUT2D eigenvalue weighted by molar-refractivity contribution is 5.92. The summed E-state index contributed by atoms with van der Waals surface area (Å²) in [6.45, 7) is 5.96. The number of amides is 1. The molecule has 1 aromatic rings. The molecule has 2 rings (SSSR count). The SMILES string of the molecule is CC1OC(C)C(C(=O)Nc2ccc(N)cn2)C1C. The second kappa shape index (κ2) is 4.94. The maximum Gasteiger partial charge on any atom is 0.231 e. The lowest BCUT2D eigenvalue weighted by atomic mass is 9.89. The molecule has 3 N–H and O–H groups in total. The van der Waals surface area contributed by atoms with E-state index < -0.39 is 0 Å². The normalized spacial score (nSPS) is 31.3. The molecule has 0 radical (unpaired) electrons. The van der Waals surface area contributed by atoms with Gasteiger partial charge in [-0.2, -0.15) is 0 Å². The molecule has 1 aromatic heterocycles. The first-order valence-corrected chi connectivity index (χ1v) is 6.17. The fraction of sp³-hybridized carbons (Fsp3) is 0.538. The van der Waals surface area contributed by atoms with E-state index >= 15 is 0 Å². The zero-order valence-corrected chi connectivity index (χ0v) is 10.9. The van der Waals surface area contributed by atoms with Crippen molar-refractivity contribution in [3.63, 3.8) is 0 Å². The first kappa shape index (κ1) is 12.8. The van der Waals surface area contributed by atoms with Crippen molar-refractivity contribution in [2.24, 2.45) is 11.8 Å². The second-order valence-corrected chi connectivity index (χ2v) is 4.90. The van der Waals surface area contributed by atoms with Gasteiger partial charge in [-0.05, 0) is 31.9 Å². The molecule has 1 aliphatic heterocycles. The smallest absolute Gasteiger partial charge is 0.231 e. The lowest BCUT2D eigenvalue weighted by Crippen LogP contribution is -2.32. The summed E-state index contributed by atoms with van der Waals surface area (Å²) in [5, 5.41) is 2.81. The molecule has 5 heteroatoms. The minimum atomic E-state index is -0.139. The highest BCUT2D eigenvalue weighted by atomic mass is 16.5. The summed E-state index contributed by atoms with van der Waals surface area (Å²) in [5.74, 6) is 0.540. The maximum absolute atomic E-state index is 12.2.